The molecule has 0 saturated heterocycles. The second-order valence-electron chi connectivity index (χ2n) is 7.10. The van der Waals surface area contributed by atoms with Crippen molar-refractivity contribution in [3.63, 3.8) is 0 Å². The zero-order chi connectivity index (χ0) is 21.2. The molecule has 1 rings (SSSR count). The van der Waals surface area contributed by atoms with E-state index in [9.17, 15) is 9.36 Å². The van der Waals surface area contributed by atoms with Gasteiger partial charge in [0.1, 0.15) is 0 Å². The third kappa shape index (κ3) is 8.28. The van der Waals surface area contributed by atoms with Crippen LogP contribution in [0.3, 0.4) is 0 Å². The molecule has 0 aliphatic rings. The average molecular weight is 428 g/mol. The van der Waals surface area contributed by atoms with Crippen LogP contribution in [-0.4, -0.2) is 51.3 Å². The largest absolute Gasteiger partial charge is 0.446 e. The average Bonchev–Trinajstić information content (AvgIpc) is 2.66. The summed E-state index contributed by atoms with van der Waals surface area (Å²) in [5.74, 6) is -0.623. The van der Waals surface area contributed by atoms with Crippen molar-refractivity contribution in [1.29, 1.82) is 0 Å². The first-order chi connectivity index (χ1) is 13.1. The lowest BCUT2D eigenvalue weighted by molar-refractivity contribution is -0.117. The van der Waals surface area contributed by atoms with Gasteiger partial charge < -0.3 is 23.7 Å². The zero-order valence-corrected chi connectivity index (χ0v) is 19.0. The fourth-order valence-corrected chi connectivity index (χ4v) is 4.68. The lowest BCUT2D eigenvalue weighted by atomic mass is 10.1. The van der Waals surface area contributed by atoms with Crippen LogP contribution in [0.15, 0.2) is 30.3 Å². The molecule has 0 heterocycles. The standard InChI is InChI=1S/C18H29N2O6PSi/c1-23-27(22,24-2)18(20-19)17(21)12-11-16(26-28(3,4)5)14-25-13-15-9-7-6-8-10-15/h6-10,16H,11-14H2,1-5H3/t16-/m1/s1. The number of Topliss-reactive ketones (excluding diaryl/α,β-unsaturated/α-hetero) is 1. The summed E-state index contributed by atoms with van der Waals surface area (Å²) >= 11 is 0. The number of benzene rings is 1. The molecule has 0 spiro atoms. The van der Waals surface area contributed by atoms with Crippen LogP contribution in [0.1, 0.15) is 18.4 Å². The molecule has 0 aromatic heterocycles. The van der Waals surface area contributed by atoms with E-state index in [1.165, 1.54) is 0 Å². The van der Waals surface area contributed by atoms with E-state index in [-0.39, 0.29) is 12.5 Å². The van der Waals surface area contributed by atoms with E-state index >= 15 is 0 Å². The molecule has 0 N–H and O–H groups in total. The SMILES string of the molecule is COP(=O)(OC)C(=[N+]=[N-])C(=O)CC[C@H](COCc1ccccc1)O[Si](C)(C)C. The Balaban J connectivity index is 2.71. The van der Waals surface area contributed by atoms with Crippen molar-refractivity contribution in [1.82, 2.24) is 0 Å². The molecule has 156 valence electrons. The minimum atomic E-state index is -3.92. The van der Waals surface area contributed by atoms with E-state index in [1.807, 2.05) is 50.0 Å². The Morgan fingerprint density at radius 1 is 1.18 bits per heavy atom. The molecular weight excluding hydrogens is 399 g/mol. The van der Waals surface area contributed by atoms with Crippen molar-refractivity contribution < 1.29 is 32.4 Å². The summed E-state index contributed by atoms with van der Waals surface area (Å²) in [7, 11) is -3.56. The van der Waals surface area contributed by atoms with Crippen molar-refractivity contribution in [2.45, 2.75) is 45.2 Å². The minimum absolute atomic E-state index is 0.0417. The van der Waals surface area contributed by atoms with Crippen molar-refractivity contribution >= 4 is 27.1 Å². The number of nitrogens with zero attached hydrogens (tertiary/aromatic N) is 2. The molecule has 0 fully saturated rings. The number of hydrogen-bond donors (Lipinski definition) is 0. The second-order valence-corrected chi connectivity index (χ2v) is 13.7. The van der Waals surface area contributed by atoms with Crippen molar-refractivity contribution in [3.05, 3.63) is 41.4 Å². The molecule has 0 radical (unpaired) electrons. The van der Waals surface area contributed by atoms with E-state index in [2.05, 4.69) is 4.79 Å². The van der Waals surface area contributed by atoms with Gasteiger partial charge in [0, 0.05) is 20.6 Å². The molecule has 1 atom stereocenters. The van der Waals surface area contributed by atoms with Crippen LogP contribution in [0.4, 0.5) is 0 Å². The summed E-state index contributed by atoms with van der Waals surface area (Å²) in [6.07, 6.45) is -0.0339. The molecule has 0 amide bonds. The van der Waals surface area contributed by atoms with E-state index in [0.717, 1.165) is 19.8 Å². The van der Waals surface area contributed by atoms with Crippen molar-refractivity contribution in [2.24, 2.45) is 0 Å². The predicted octanol–water partition coefficient (Wildman–Crippen LogP) is 3.89. The van der Waals surface area contributed by atoms with Gasteiger partial charge in [-0.2, -0.15) is 4.79 Å². The summed E-state index contributed by atoms with van der Waals surface area (Å²) < 4.78 is 33.7. The Morgan fingerprint density at radius 2 is 1.79 bits per heavy atom. The Hall–Kier alpha value is -1.44. The summed E-state index contributed by atoms with van der Waals surface area (Å²) in [6.45, 7) is 6.88. The molecule has 28 heavy (non-hydrogen) atoms. The topological polar surface area (TPSA) is 107 Å². The highest BCUT2D eigenvalue weighted by molar-refractivity contribution is 7.74. The minimum Gasteiger partial charge on any atom is -0.412 e. The number of ether oxygens (including phenoxy) is 1. The lowest BCUT2D eigenvalue weighted by Gasteiger charge is -2.26. The van der Waals surface area contributed by atoms with Gasteiger partial charge in [-0.3, -0.25) is 4.79 Å². The van der Waals surface area contributed by atoms with Gasteiger partial charge in [0.15, 0.2) is 8.32 Å². The van der Waals surface area contributed by atoms with E-state index in [4.69, 9.17) is 23.7 Å². The maximum atomic E-state index is 12.4. The first kappa shape index (κ1) is 24.6. The van der Waals surface area contributed by atoms with Crippen LogP contribution in [0.25, 0.3) is 5.53 Å². The first-order valence-electron chi connectivity index (χ1n) is 8.92. The molecule has 0 unspecified atom stereocenters. The highest BCUT2D eigenvalue weighted by Gasteiger charge is 2.43. The van der Waals surface area contributed by atoms with Gasteiger partial charge in [-0.15, -0.1) is 0 Å². The Labute approximate surface area is 167 Å². The molecule has 0 saturated carbocycles. The van der Waals surface area contributed by atoms with E-state index < -0.39 is 27.1 Å². The molecule has 0 bridgehead atoms. The van der Waals surface area contributed by atoms with Crippen LogP contribution in [-0.2, 0) is 34.2 Å². The smallest absolute Gasteiger partial charge is 0.412 e. The second kappa shape index (κ2) is 11.5. The number of hydrogen-bond acceptors (Lipinski definition) is 6. The summed E-state index contributed by atoms with van der Waals surface area (Å²) in [4.78, 5) is 15.2. The van der Waals surface area contributed by atoms with Crippen LogP contribution < -0.4 is 0 Å². The lowest BCUT2D eigenvalue weighted by Crippen LogP contribution is -2.35. The van der Waals surface area contributed by atoms with Crippen LogP contribution in [0, 0.1) is 0 Å². The number of carbonyl (C=O) groups excluding carboxylic acids is 1. The van der Waals surface area contributed by atoms with Crippen LogP contribution >= 0.6 is 7.60 Å². The van der Waals surface area contributed by atoms with E-state index in [0.29, 0.717) is 19.6 Å². The number of rotatable bonds is 13. The third-order valence-corrected chi connectivity index (χ3v) is 6.57. The van der Waals surface area contributed by atoms with E-state index in [1.54, 1.807) is 0 Å². The molecule has 0 aliphatic heterocycles. The molecule has 0 aliphatic carbocycles. The summed E-state index contributed by atoms with van der Waals surface area (Å²) in [5, 5.41) is 0. The van der Waals surface area contributed by atoms with Gasteiger partial charge in [0.25, 0.3) is 5.78 Å². The van der Waals surface area contributed by atoms with Gasteiger partial charge in [-0.1, -0.05) is 30.3 Å². The Kier molecular flexibility index (Phi) is 10.1. The van der Waals surface area contributed by atoms with Crippen molar-refractivity contribution in [3.8, 4) is 0 Å². The Bertz CT molecular complexity index is 723. The molecular formula is C18H29N2O6PSi. The number of ketones is 1. The fourth-order valence-electron chi connectivity index (χ4n) is 2.47. The third-order valence-electron chi connectivity index (χ3n) is 3.71. The summed E-state index contributed by atoms with van der Waals surface area (Å²) in [5.41, 5.74) is 9.53. The van der Waals surface area contributed by atoms with Gasteiger partial charge in [0.05, 0.1) is 19.3 Å². The Morgan fingerprint density at radius 3 is 2.29 bits per heavy atom. The fraction of sp³-hybridized carbons (Fsp3) is 0.556. The quantitative estimate of drug-likeness (QED) is 0.155. The molecule has 10 heteroatoms. The van der Waals surface area contributed by atoms with Crippen LogP contribution in [0.2, 0.25) is 19.6 Å². The van der Waals surface area contributed by atoms with Gasteiger partial charge in [0.2, 0.25) is 0 Å². The zero-order valence-electron chi connectivity index (χ0n) is 17.1. The highest BCUT2D eigenvalue weighted by atomic mass is 31.2. The van der Waals surface area contributed by atoms with Gasteiger partial charge >= 0.3 is 13.0 Å². The maximum absolute atomic E-state index is 12.4. The maximum Gasteiger partial charge on any atom is 0.446 e. The molecule has 8 nitrogen and oxygen atoms in total. The highest BCUT2D eigenvalue weighted by Crippen LogP contribution is 2.47. The predicted molar refractivity (Wildman–Crippen MR) is 109 cm³/mol. The van der Waals surface area contributed by atoms with Crippen molar-refractivity contribution in [2.75, 3.05) is 20.8 Å². The molecule has 1 aromatic carbocycles. The first-order valence-corrected chi connectivity index (χ1v) is 13.9. The monoisotopic (exact) mass is 428 g/mol. The normalized spacial score (nSPS) is 13.0. The van der Waals surface area contributed by atoms with Crippen LogP contribution in [0.5, 0.6) is 0 Å². The van der Waals surface area contributed by atoms with Gasteiger partial charge in [-0.25, -0.2) is 4.57 Å². The summed E-state index contributed by atoms with van der Waals surface area (Å²) in [6, 6.07) is 9.75. The van der Waals surface area contributed by atoms with Gasteiger partial charge in [-0.05, 0) is 31.6 Å². The number of carbonyl (C=O) groups is 1. The molecule has 1 aromatic rings.